The summed E-state index contributed by atoms with van der Waals surface area (Å²) in [7, 11) is 0. The Morgan fingerprint density at radius 2 is 1.89 bits per heavy atom. The van der Waals surface area contributed by atoms with Crippen molar-refractivity contribution in [3.05, 3.63) is 50.6 Å². The topological polar surface area (TPSA) is 34.9 Å². The van der Waals surface area contributed by atoms with E-state index in [1.807, 2.05) is 16.7 Å². The third-order valence-electron chi connectivity index (χ3n) is 5.48. The molecule has 2 aromatic heterocycles. The molecule has 1 aliphatic carbocycles. The third kappa shape index (κ3) is 3.92. The summed E-state index contributed by atoms with van der Waals surface area (Å²) in [6.07, 6.45) is 9.44. The Hall–Kier alpha value is -1.59. The molecule has 5 heteroatoms. The summed E-state index contributed by atoms with van der Waals surface area (Å²) >= 11 is 3.47. The van der Waals surface area contributed by atoms with Gasteiger partial charge in [0.1, 0.15) is 4.83 Å². The monoisotopic (exact) mass is 412 g/mol. The van der Waals surface area contributed by atoms with Crippen LogP contribution in [0.25, 0.3) is 15.9 Å². The van der Waals surface area contributed by atoms with Crippen LogP contribution in [0.4, 0.5) is 0 Å². The van der Waals surface area contributed by atoms with Crippen molar-refractivity contribution in [2.24, 2.45) is 0 Å². The Balaban J connectivity index is 1.79. The van der Waals surface area contributed by atoms with Crippen LogP contribution in [0, 0.1) is 6.92 Å². The average molecular weight is 413 g/mol. The number of thiophene rings is 1. The summed E-state index contributed by atoms with van der Waals surface area (Å²) in [5.74, 6) is 1.01. The van der Waals surface area contributed by atoms with Crippen molar-refractivity contribution < 1.29 is 0 Å². The van der Waals surface area contributed by atoms with E-state index in [1.165, 1.54) is 54.5 Å². The molecule has 1 aromatic carbocycles. The lowest BCUT2D eigenvalue weighted by atomic mass is 9.97. The second kappa shape index (κ2) is 8.83. The molecule has 0 bridgehead atoms. The molecule has 0 N–H and O–H groups in total. The molecule has 0 aliphatic heterocycles. The number of aromatic nitrogens is 2. The van der Waals surface area contributed by atoms with Crippen LogP contribution in [-0.4, -0.2) is 15.3 Å². The van der Waals surface area contributed by atoms with Gasteiger partial charge >= 0.3 is 0 Å². The van der Waals surface area contributed by atoms with Crippen LogP contribution in [0.3, 0.4) is 0 Å². The highest BCUT2D eigenvalue weighted by Crippen LogP contribution is 2.35. The van der Waals surface area contributed by atoms with Gasteiger partial charge in [-0.05, 0) is 56.7 Å². The third-order valence-corrected chi connectivity index (χ3v) is 7.69. The van der Waals surface area contributed by atoms with E-state index in [2.05, 4.69) is 26.0 Å². The maximum atomic E-state index is 13.6. The van der Waals surface area contributed by atoms with Crippen LogP contribution in [0.15, 0.2) is 34.2 Å². The lowest BCUT2D eigenvalue weighted by Gasteiger charge is -2.14. The Kier molecular flexibility index (Phi) is 6.22. The number of thioether (sulfide) groups is 1. The van der Waals surface area contributed by atoms with E-state index in [4.69, 9.17) is 4.98 Å². The van der Waals surface area contributed by atoms with Crippen molar-refractivity contribution in [1.82, 2.24) is 9.55 Å². The molecule has 3 nitrogen and oxygen atoms in total. The van der Waals surface area contributed by atoms with Crippen molar-refractivity contribution in [1.29, 1.82) is 0 Å². The number of nitrogens with zero attached hydrogens (tertiary/aromatic N) is 2. The van der Waals surface area contributed by atoms with Gasteiger partial charge in [0, 0.05) is 10.6 Å². The lowest BCUT2D eigenvalue weighted by Crippen LogP contribution is -2.22. The quantitative estimate of drug-likeness (QED) is 0.259. The molecule has 0 atom stereocenters. The highest BCUT2D eigenvalue weighted by atomic mass is 32.2. The number of rotatable bonds is 7. The molecular weight excluding hydrogens is 384 g/mol. The van der Waals surface area contributed by atoms with Gasteiger partial charge in [0.15, 0.2) is 5.16 Å². The van der Waals surface area contributed by atoms with E-state index >= 15 is 0 Å². The first-order chi connectivity index (χ1) is 13.7. The summed E-state index contributed by atoms with van der Waals surface area (Å²) in [6.45, 7) is 4.31. The number of unbranched alkanes of at least 4 members (excludes halogenated alkanes) is 3. The van der Waals surface area contributed by atoms with E-state index in [9.17, 15) is 4.79 Å². The van der Waals surface area contributed by atoms with Gasteiger partial charge in [-0.15, -0.1) is 11.3 Å². The number of hydrogen-bond acceptors (Lipinski definition) is 4. The largest absolute Gasteiger partial charge is 0.268 e. The first-order valence-corrected chi connectivity index (χ1v) is 12.3. The Morgan fingerprint density at radius 3 is 2.68 bits per heavy atom. The first-order valence-electron chi connectivity index (χ1n) is 10.5. The summed E-state index contributed by atoms with van der Waals surface area (Å²) in [4.78, 5) is 20.9. The zero-order valence-corrected chi connectivity index (χ0v) is 18.4. The average Bonchev–Trinajstić information content (AvgIpc) is 3.07. The van der Waals surface area contributed by atoms with E-state index in [-0.39, 0.29) is 5.56 Å². The zero-order valence-electron chi connectivity index (χ0n) is 16.8. The molecule has 0 radical (unpaired) electrons. The normalized spacial score (nSPS) is 13.8. The predicted octanol–water partition coefficient (Wildman–Crippen LogP) is 6.31. The lowest BCUT2D eigenvalue weighted by molar-refractivity contribution is 0.698. The zero-order chi connectivity index (χ0) is 19.5. The smallest absolute Gasteiger partial charge is 0.267 e. The fourth-order valence-corrected chi connectivity index (χ4v) is 6.21. The summed E-state index contributed by atoms with van der Waals surface area (Å²) in [5.41, 5.74) is 3.51. The minimum Gasteiger partial charge on any atom is -0.268 e. The summed E-state index contributed by atoms with van der Waals surface area (Å²) < 4.78 is 1.86. The number of aryl methyl sites for hydroxylation is 3. The molecule has 0 unspecified atom stereocenters. The Morgan fingerprint density at radius 1 is 1.11 bits per heavy atom. The molecule has 0 amide bonds. The number of hydrogen-bond donors (Lipinski definition) is 0. The van der Waals surface area contributed by atoms with E-state index in [0.29, 0.717) is 0 Å². The molecule has 1 aliphatic rings. The second-order valence-electron chi connectivity index (χ2n) is 7.67. The molecule has 28 heavy (non-hydrogen) atoms. The molecule has 0 saturated carbocycles. The van der Waals surface area contributed by atoms with Crippen LogP contribution in [0.1, 0.15) is 61.5 Å². The molecule has 148 valence electrons. The molecule has 4 rings (SSSR count). The van der Waals surface area contributed by atoms with Gasteiger partial charge in [0.2, 0.25) is 0 Å². The first kappa shape index (κ1) is 19.7. The van der Waals surface area contributed by atoms with Gasteiger partial charge in [0.05, 0.1) is 11.1 Å². The van der Waals surface area contributed by atoms with Crippen LogP contribution in [-0.2, 0) is 12.8 Å². The van der Waals surface area contributed by atoms with Crippen molar-refractivity contribution in [2.75, 3.05) is 5.75 Å². The summed E-state index contributed by atoms with van der Waals surface area (Å²) in [5, 5.41) is 1.71. The molecule has 0 saturated heterocycles. The maximum Gasteiger partial charge on any atom is 0.267 e. The maximum absolute atomic E-state index is 13.6. The van der Waals surface area contributed by atoms with Gasteiger partial charge in [-0.1, -0.05) is 55.6 Å². The second-order valence-corrected chi connectivity index (χ2v) is 9.82. The Bertz CT molecular complexity index is 1020. The predicted molar refractivity (Wildman–Crippen MR) is 121 cm³/mol. The molecule has 0 spiro atoms. The number of fused-ring (bicyclic) bond motifs is 3. The molecule has 0 fully saturated rings. The van der Waals surface area contributed by atoms with Crippen molar-refractivity contribution in [3.63, 3.8) is 0 Å². The van der Waals surface area contributed by atoms with Crippen LogP contribution in [0.5, 0.6) is 0 Å². The molecular formula is C23H28N2OS2. The van der Waals surface area contributed by atoms with Gasteiger partial charge in [-0.25, -0.2) is 4.98 Å². The minimum absolute atomic E-state index is 0.115. The fraction of sp³-hybridized carbons (Fsp3) is 0.478. The van der Waals surface area contributed by atoms with Crippen LogP contribution >= 0.6 is 23.1 Å². The fourth-order valence-electron chi connectivity index (χ4n) is 3.90. The van der Waals surface area contributed by atoms with Crippen molar-refractivity contribution in [2.45, 2.75) is 70.4 Å². The number of benzene rings is 1. The Labute approximate surface area is 175 Å². The highest BCUT2D eigenvalue weighted by Gasteiger charge is 2.22. The van der Waals surface area contributed by atoms with Crippen LogP contribution < -0.4 is 5.56 Å². The van der Waals surface area contributed by atoms with E-state index in [0.717, 1.165) is 39.7 Å². The minimum atomic E-state index is 0.115. The molecule has 3 aromatic rings. The van der Waals surface area contributed by atoms with Gasteiger partial charge in [0.25, 0.3) is 5.56 Å². The van der Waals surface area contributed by atoms with Gasteiger partial charge in [-0.2, -0.15) is 0 Å². The van der Waals surface area contributed by atoms with Crippen LogP contribution in [0.2, 0.25) is 0 Å². The van der Waals surface area contributed by atoms with Gasteiger partial charge < -0.3 is 0 Å². The molecule has 2 heterocycles. The van der Waals surface area contributed by atoms with E-state index in [1.54, 1.807) is 23.1 Å². The highest BCUT2D eigenvalue weighted by molar-refractivity contribution is 7.99. The van der Waals surface area contributed by atoms with Crippen molar-refractivity contribution in [3.8, 4) is 5.69 Å². The van der Waals surface area contributed by atoms with E-state index < -0.39 is 0 Å². The SMILES string of the molecule is CCCCCCSc1nc2sc3c(c2c(=O)n1-c1ccc(C)cc1)CCCC3. The van der Waals surface area contributed by atoms with Crippen molar-refractivity contribution >= 4 is 33.3 Å². The van der Waals surface area contributed by atoms with Gasteiger partial charge in [-0.3, -0.25) is 9.36 Å². The summed E-state index contributed by atoms with van der Waals surface area (Å²) in [6, 6.07) is 8.24. The standard InChI is InChI=1S/C23H28N2OS2/c1-3-4-5-8-15-27-23-24-21-20(18-9-6-7-10-19(18)28-21)22(26)25(23)17-13-11-16(2)12-14-17/h11-14H,3-10,15H2,1-2H3.